The lowest BCUT2D eigenvalue weighted by Gasteiger charge is -2.26. The normalized spacial score (nSPS) is 14.2. The molecule has 7 heteroatoms. The van der Waals surface area contributed by atoms with Crippen molar-refractivity contribution in [1.82, 2.24) is 15.3 Å². The van der Waals surface area contributed by atoms with Gasteiger partial charge in [0.2, 0.25) is 5.91 Å². The fourth-order valence-electron chi connectivity index (χ4n) is 3.99. The summed E-state index contributed by atoms with van der Waals surface area (Å²) in [5.74, 6) is -0.193. The number of benzene rings is 1. The molecule has 6 nitrogen and oxygen atoms in total. The Labute approximate surface area is 186 Å². The van der Waals surface area contributed by atoms with Crippen LogP contribution >= 0.6 is 11.6 Å². The molecular formula is C24H23ClN4O2. The van der Waals surface area contributed by atoms with Crippen LogP contribution in [0.5, 0.6) is 0 Å². The monoisotopic (exact) mass is 434 g/mol. The number of aromatic nitrogens is 2. The summed E-state index contributed by atoms with van der Waals surface area (Å²) in [5.41, 5.74) is 6.30. The van der Waals surface area contributed by atoms with Crippen LogP contribution in [0.3, 0.4) is 0 Å². The minimum atomic E-state index is -0.329. The topological polar surface area (TPSA) is 75.2 Å². The van der Waals surface area contributed by atoms with Crippen molar-refractivity contribution in [2.75, 3.05) is 11.9 Å². The number of fused-ring (bicyclic) bond motifs is 1. The summed E-state index contributed by atoms with van der Waals surface area (Å²) in [4.78, 5) is 34.8. The van der Waals surface area contributed by atoms with Gasteiger partial charge < -0.3 is 10.2 Å². The smallest absolute Gasteiger partial charge is 0.271 e. The lowest BCUT2D eigenvalue weighted by atomic mass is 9.92. The molecule has 1 aliphatic heterocycles. The van der Waals surface area contributed by atoms with Gasteiger partial charge >= 0.3 is 0 Å². The standard InChI is InChI=1S/C24H23ClN4O2/c1-14-18(15(2)28-24(31)23-20(25)5-4-10-27-23)12-26-13-19(14)16-6-8-21-17(11-16)7-9-22(30)29(21)3/h4-6,8,10-13,15H,7,9H2,1-3H3,(H,28,31)/t15-/m1/s1. The largest absolute Gasteiger partial charge is 0.344 e. The third kappa shape index (κ3) is 4.03. The molecule has 0 spiro atoms. The first-order valence-corrected chi connectivity index (χ1v) is 10.5. The molecule has 0 radical (unpaired) electrons. The van der Waals surface area contributed by atoms with E-state index in [2.05, 4.69) is 21.4 Å². The summed E-state index contributed by atoms with van der Waals surface area (Å²) < 4.78 is 0. The first-order valence-electron chi connectivity index (χ1n) is 10.1. The lowest BCUT2D eigenvalue weighted by molar-refractivity contribution is -0.118. The lowest BCUT2D eigenvalue weighted by Crippen LogP contribution is -2.31. The van der Waals surface area contributed by atoms with Gasteiger partial charge in [-0.1, -0.05) is 17.7 Å². The molecule has 1 aliphatic rings. The zero-order chi connectivity index (χ0) is 22.1. The van der Waals surface area contributed by atoms with Gasteiger partial charge in [-0.25, -0.2) is 4.98 Å². The highest BCUT2D eigenvalue weighted by atomic mass is 35.5. The van der Waals surface area contributed by atoms with E-state index in [1.54, 1.807) is 29.4 Å². The minimum absolute atomic E-state index is 0.137. The maximum Gasteiger partial charge on any atom is 0.271 e. The van der Waals surface area contributed by atoms with E-state index in [1.165, 1.54) is 0 Å². The number of nitrogens with one attached hydrogen (secondary N) is 1. The zero-order valence-electron chi connectivity index (χ0n) is 17.6. The summed E-state index contributed by atoms with van der Waals surface area (Å²) in [6, 6.07) is 9.18. The fourth-order valence-corrected chi connectivity index (χ4v) is 4.20. The molecule has 3 heterocycles. The molecule has 3 aromatic rings. The van der Waals surface area contributed by atoms with Crippen LogP contribution in [-0.2, 0) is 11.2 Å². The summed E-state index contributed by atoms with van der Waals surface area (Å²) in [7, 11) is 1.81. The Morgan fingerprint density at radius 2 is 2.03 bits per heavy atom. The van der Waals surface area contributed by atoms with Crippen molar-refractivity contribution in [2.45, 2.75) is 32.7 Å². The molecule has 4 rings (SSSR count). The molecule has 2 aromatic heterocycles. The number of aryl methyl sites for hydroxylation is 1. The van der Waals surface area contributed by atoms with E-state index in [9.17, 15) is 9.59 Å². The van der Waals surface area contributed by atoms with Crippen molar-refractivity contribution in [3.8, 4) is 11.1 Å². The van der Waals surface area contributed by atoms with Crippen LogP contribution in [0.1, 0.15) is 46.6 Å². The van der Waals surface area contributed by atoms with Crippen LogP contribution in [0.15, 0.2) is 48.9 Å². The number of pyridine rings is 2. The number of carbonyl (C=O) groups is 2. The maximum absolute atomic E-state index is 12.6. The highest BCUT2D eigenvalue weighted by Gasteiger charge is 2.22. The highest BCUT2D eigenvalue weighted by molar-refractivity contribution is 6.33. The van der Waals surface area contributed by atoms with E-state index >= 15 is 0 Å². The van der Waals surface area contributed by atoms with Crippen LogP contribution in [0.4, 0.5) is 5.69 Å². The average Bonchev–Trinajstić information content (AvgIpc) is 2.76. The van der Waals surface area contributed by atoms with Crippen LogP contribution in [0, 0.1) is 6.92 Å². The van der Waals surface area contributed by atoms with E-state index < -0.39 is 0 Å². The predicted molar refractivity (Wildman–Crippen MR) is 121 cm³/mol. The van der Waals surface area contributed by atoms with Gasteiger partial charge in [0.15, 0.2) is 0 Å². The van der Waals surface area contributed by atoms with Gasteiger partial charge in [-0.15, -0.1) is 0 Å². The molecular weight excluding hydrogens is 412 g/mol. The predicted octanol–water partition coefficient (Wildman–Crippen LogP) is 4.51. The first-order chi connectivity index (χ1) is 14.9. The Morgan fingerprint density at radius 3 is 2.81 bits per heavy atom. The molecule has 0 unspecified atom stereocenters. The third-order valence-electron chi connectivity index (χ3n) is 5.78. The minimum Gasteiger partial charge on any atom is -0.344 e. The fraction of sp³-hybridized carbons (Fsp3) is 0.250. The molecule has 0 bridgehead atoms. The van der Waals surface area contributed by atoms with Crippen LogP contribution in [0.25, 0.3) is 11.1 Å². The zero-order valence-corrected chi connectivity index (χ0v) is 18.4. The average molecular weight is 435 g/mol. The van der Waals surface area contributed by atoms with Gasteiger partial charge in [0.1, 0.15) is 5.69 Å². The second-order valence-electron chi connectivity index (χ2n) is 7.73. The number of halogens is 1. The van der Waals surface area contributed by atoms with E-state index in [0.29, 0.717) is 11.4 Å². The Bertz CT molecular complexity index is 1180. The van der Waals surface area contributed by atoms with Crippen molar-refractivity contribution in [3.63, 3.8) is 0 Å². The maximum atomic E-state index is 12.6. The second-order valence-corrected chi connectivity index (χ2v) is 8.13. The number of anilines is 1. The van der Waals surface area contributed by atoms with Crippen LogP contribution in [0.2, 0.25) is 5.02 Å². The van der Waals surface area contributed by atoms with E-state index in [1.807, 2.05) is 39.2 Å². The Hall–Kier alpha value is -3.25. The van der Waals surface area contributed by atoms with Crippen molar-refractivity contribution >= 4 is 29.1 Å². The quantitative estimate of drug-likeness (QED) is 0.655. The van der Waals surface area contributed by atoms with E-state index in [4.69, 9.17) is 11.6 Å². The van der Waals surface area contributed by atoms with Gasteiger partial charge in [0.05, 0.1) is 11.1 Å². The molecule has 31 heavy (non-hydrogen) atoms. The first kappa shape index (κ1) is 21.0. The molecule has 2 amide bonds. The second kappa shape index (κ2) is 8.47. The highest BCUT2D eigenvalue weighted by Crippen LogP contribution is 2.34. The summed E-state index contributed by atoms with van der Waals surface area (Å²) in [6.07, 6.45) is 6.40. The molecule has 1 N–H and O–H groups in total. The number of rotatable bonds is 4. The molecule has 0 aliphatic carbocycles. The summed E-state index contributed by atoms with van der Waals surface area (Å²) >= 11 is 6.10. The number of carbonyl (C=O) groups excluding carboxylic acids is 2. The van der Waals surface area contributed by atoms with Crippen LogP contribution < -0.4 is 10.2 Å². The number of amides is 2. The molecule has 0 fully saturated rings. The van der Waals surface area contributed by atoms with Crippen molar-refractivity contribution in [1.29, 1.82) is 0 Å². The van der Waals surface area contributed by atoms with Crippen molar-refractivity contribution in [2.24, 2.45) is 0 Å². The summed E-state index contributed by atoms with van der Waals surface area (Å²) in [6.45, 7) is 3.94. The third-order valence-corrected chi connectivity index (χ3v) is 6.08. The number of hydrogen-bond acceptors (Lipinski definition) is 4. The van der Waals surface area contributed by atoms with Gasteiger partial charge in [0, 0.05) is 43.3 Å². The van der Waals surface area contributed by atoms with Gasteiger partial charge in [-0.05, 0) is 66.8 Å². The van der Waals surface area contributed by atoms with Crippen molar-refractivity contribution < 1.29 is 9.59 Å². The van der Waals surface area contributed by atoms with E-state index in [0.717, 1.165) is 39.9 Å². The Morgan fingerprint density at radius 1 is 1.23 bits per heavy atom. The van der Waals surface area contributed by atoms with Crippen LogP contribution in [-0.4, -0.2) is 28.8 Å². The Balaban J connectivity index is 1.62. The van der Waals surface area contributed by atoms with Gasteiger partial charge in [-0.3, -0.25) is 14.6 Å². The molecule has 0 saturated carbocycles. The van der Waals surface area contributed by atoms with E-state index in [-0.39, 0.29) is 23.6 Å². The van der Waals surface area contributed by atoms with Gasteiger partial charge in [0.25, 0.3) is 5.91 Å². The molecule has 1 aromatic carbocycles. The Kier molecular flexibility index (Phi) is 5.74. The molecule has 0 saturated heterocycles. The molecule has 1 atom stereocenters. The number of nitrogens with zero attached hydrogens (tertiary/aromatic N) is 3. The molecule has 158 valence electrons. The SMILES string of the molecule is Cc1c(-c2ccc3c(c2)CCC(=O)N3C)cncc1[C@@H](C)NC(=O)c1ncccc1Cl. The summed E-state index contributed by atoms with van der Waals surface area (Å²) in [5, 5.41) is 3.28. The number of hydrogen-bond donors (Lipinski definition) is 1. The van der Waals surface area contributed by atoms with Crippen molar-refractivity contribution in [3.05, 3.63) is 76.3 Å². The van der Waals surface area contributed by atoms with Gasteiger partial charge in [-0.2, -0.15) is 0 Å².